The van der Waals surface area contributed by atoms with Crippen LogP contribution in [-0.2, 0) is 0 Å². The number of nitriles is 1. The Balaban J connectivity index is 2.14. The molecule has 1 aromatic heterocycles. The molecule has 4 heteroatoms. The van der Waals surface area contributed by atoms with E-state index in [1.807, 2.05) is 11.0 Å². The maximum Gasteiger partial charge on any atom is 0.328 e. The van der Waals surface area contributed by atoms with Gasteiger partial charge in [0.15, 0.2) is 0 Å². The smallest absolute Gasteiger partial charge is 0.324 e. The van der Waals surface area contributed by atoms with Gasteiger partial charge >= 0.3 is 6.03 Å². The van der Waals surface area contributed by atoms with Gasteiger partial charge in [0.1, 0.15) is 6.07 Å². The van der Waals surface area contributed by atoms with E-state index in [9.17, 15) is 4.79 Å². The van der Waals surface area contributed by atoms with E-state index >= 15 is 0 Å². The summed E-state index contributed by atoms with van der Waals surface area (Å²) in [5.74, 6) is 1.09. The average Bonchev–Trinajstić information content (AvgIpc) is 2.76. The molecule has 0 aliphatic carbocycles. The minimum Gasteiger partial charge on any atom is -0.324 e. The Morgan fingerprint density at radius 1 is 1.33 bits per heavy atom. The van der Waals surface area contributed by atoms with Gasteiger partial charge in [-0.25, -0.2) is 4.79 Å². The molecule has 0 bridgehead atoms. The predicted octanol–water partition coefficient (Wildman–Crippen LogP) is 2.70. The molecule has 0 spiro atoms. The maximum atomic E-state index is 12.4. The predicted molar refractivity (Wildman–Crippen MR) is 69.1 cm³/mol. The van der Waals surface area contributed by atoms with Gasteiger partial charge in [-0.2, -0.15) is 5.26 Å². The number of hydrogen-bond acceptors (Lipinski definition) is 2. The lowest BCUT2D eigenvalue weighted by molar-refractivity contribution is 0.190. The SMILES string of the molecule is CC1CCC(C)CN(C(=O)n2ccc(C#N)c2)C1. The number of likely N-dealkylation sites (tertiary alicyclic amines) is 1. The molecule has 2 rings (SSSR count). The summed E-state index contributed by atoms with van der Waals surface area (Å²) in [7, 11) is 0. The van der Waals surface area contributed by atoms with E-state index in [0.29, 0.717) is 17.4 Å². The van der Waals surface area contributed by atoms with Crippen molar-refractivity contribution in [3.8, 4) is 6.07 Å². The minimum absolute atomic E-state index is 0.0166. The third-order valence-electron chi connectivity index (χ3n) is 3.53. The van der Waals surface area contributed by atoms with Crippen LogP contribution >= 0.6 is 0 Å². The van der Waals surface area contributed by atoms with E-state index in [0.717, 1.165) is 13.1 Å². The highest BCUT2D eigenvalue weighted by atomic mass is 16.2. The molecule has 0 saturated carbocycles. The molecule has 1 aliphatic rings. The Morgan fingerprint density at radius 2 is 1.94 bits per heavy atom. The Hall–Kier alpha value is -1.76. The Morgan fingerprint density at radius 3 is 2.44 bits per heavy atom. The molecule has 96 valence electrons. The van der Waals surface area contributed by atoms with Gasteiger partial charge in [0.05, 0.1) is 5.56 Å². The van der Waals surface area contributed by atoms with Crippen LogP contribution in [-0.4, -0.2) is 28.6 Å². The van der Waals surface area contributed by atoms with Gasteiger partial charge in [0.2, 0.25) is 0 Å². The number of nitrogens with zero attached hydrogens (tertiary/aromatic N) is 3. The highest BCUT2D eigenvalue weighted by molar-refractivity contribution is 5.77. The Kier molecular flexibility index (Phi) is 3.71. The van der Waals surface area contributed by atoms with E-state index in [1.165, 1.54) is 17.4 Å². The zero-order valence-electron chi connectivity index (χ0n) is 11.0. The summed E-state index contributed by atoms with van der Waals surface area (Å²) in [6, 6.07) is 3.70. The molecule has 1 fully saturated rings. The fourth-order valence-electron chi connectivity index (χ4n) is 2.48. The average molecular weight is 245 g/mol. The van der Waals surface area contributed by atoms with Crippen LogP contribution in [0, 0.1) is 23.2 Å². The zero-order valence-corrected chi connectivity index (χ0v) is 11.0. The van der Waals surface area contributed by atoms with Crippen LogP contribution < -0.4 is 0 Å². The molecule has 1 aromatic rings. The first kappa shape index (κ1) is 12.7. The molecular weight excluding hydrogens is 226 g/mol. The number of carbonyl (C=O) groups excluding carboxylic acids is 1. The Labute approximate surface area is 108 Å². The summed E-state index contributed by atoms with van der Waals surface area (Å²) in [5.41, 5.74) is 0.527. The highest BCUT2D eigenvalue weighted by Crippen LogP contribution is 2.20. The lowest BCUT2D eigenvalue weighted by Crippen LogP contribution is -2.38. The van der Waals surface area contributed by atoms with Crippen LogP contribution in [0.3, 0.4) is 0 Å². The van der Waals surface area contributed by atoms with E-state index in [2.05, 4.69) is 13.8 Å². The van der Waals surface area contributed by atoms with Crippen molar-refractivity contribution < 1.29 is 4.79 Å². The van der Waals surface area contributed by atoms with Crippen molar-refractivity contribution >= 4 is 6.03 Å². The van der Waals surface area contributed by atoms with Crippen molar-refractivity contribution in [3.05, 3.63) is 24.0 Å². The van der Waals surface area contributed by atoms with Crippen molar-refractivity contribution in [2.75, 3.05) is 13.1 Å². The molecule has 2 unspecified atom stereocenters. The van der Waals surface area contributed by atoms with E-state index in [4.69, 9.17) is 5.26 Å². The zero-order chi connectivity index (χ0) is 13.1. The van der Waals surface area contributed by atoms with Crippen LogP contribution in [0.4, 0.5) is 4.79 Å². The lowest BCUT2D eigenvalue weighted by Gasteiger charge is -2.24. The first-order chi connectivity index (χ1) is 8.60. The number of carbonyl (C=O) groups is 1. The summed E-state index contributed by atoms with van der Waals surface area (Å²) in [6.07, 6.45) is 5.63. The molecule has 0 N–H and O–H groups in total. The maximum absolute atomic E-state index is 12.4. The van der Waals surface area contributed by atoms with Crippen molar-refractivity contribution in [1.82, 2.24) is 9.47 Å². The number of hydrogen-bond donors (Lipinski definition) is 0. The van der Waals surface area contributed by atoms with Gasteiger partial charge in [-0.3, -0.25) is 4.57 Å². The van der Waals surface area contributed by atoms with Gasteiger partial charge in [-0.15, -0.1) is 0 Å². The molecule has 18 heavy (non-hydrogen) atoms. The van der Waals surface area contributed by atoms with Crippen molar-refractivity contribution in [3.63, 3.8) is 0 Å². The summed E-state index contributed by atoms with van der Waals surface area (Å²) in [6.45, 7) is 6.00. The molecule has 2 atom stereocenters. The molecule has 0 aromatic carbocycles. The quantitative estimate of drug-likeness (QED) is 0.705. The summed E-state index contributed by atoms with van der Waals surface area (Å²) in [4.78, 5) is 14.3. The third-order valence-corrected chi connectivity index (χ3v) is 3.53. The molecule has 4 nitrogen and oxygen atoms in total. The molecule has 0 radical (unpaired) electrons. The second kappa shape index (κ2) is 5.26. The molecule has 1 aliphatic heterocycles. The molecule has 1 saturated heterocycles. The van der Waals surface area contributed by atoms with Crippen molar-refractivity contribution in [2.24, 2.45) is 11.8 Å². The van der Waals surface area contributed by atoms with Gasteiger partial charge in [0.25, 0.3) is 0 Å². The van der Waals surface area contributed by atoms with E-state index in [1.54, 1.807) is 18.5 Å². The second-order valence-corrected chi connectivity index (χ2v) is 5.39. The second-order valence-electron chi connectivity index (χ2n) is 5.39. The van der Waals surface area contributed by atoms with Crippen LogP contribution in [0.5, 0.6) is 0 Å². The number of amides is 1. The molecule has 1 amide bonds. The van der Waals surface area contributed by atoms with Crippen LogP contribution in [0.25, 0.3) is 0 Å². The van der Waals surface area contributed by atoms with Crippen molar-refractivity contribution in [2.45, 2.75) is 26.7 Å². The molecular formula is C14H19N3O. The summed E-state index contributed by atoms with van der Waals surface area (Å²) in [5, 5.41) is 8.78. The van der Waals surface area contributed by atoms with Crippen molar-refractivity contribution in [1.29, 1.82) is 5.26 Å². The van der Waals surface area contributed by atoms with Gasteiger partial charge in [0, 0.05) is 25.5 Å². The van der Waals surface area contributed by atoms with Gasteiger partial charge in [-0.1, -0.05) is 13.8 Å². The van der Waals surface area contributed by atoms with Crippen LogP contribution in [0.15, 0.2) is 18.5 Å². The van der Waals surface area contributed by atoms with Crippen LogP contribution in [0.1, 0.15) is 32.3 Å². The fourth-order valence-corrected chi connectivity index (χ4v) is 2.48. The topological polar surface area (TPSA) is 49.0 Å². The minimum atomic E-state index is -0.0166. The third kappa shape index (κ3) is 2.73. The Bertz CT molecular complexity index is 460. The number of rotatable bonds is 0. The summed E-state index contributed by atoms with van der Waals surface area (Å²) >= 11 is 0. The first-order valence-corrected chi connectivity index (χ1v) is 6.47. The molecule has 2 heterocycles. The van der Waals surface area contributed by atoms with Crippen LogP contribution in [0.2, 0.25) is 0 Å². The van der Waals surface area contributed by atoms with Gasteiger partial charge in [-0.05, 0) is 30.7 Å². The van der Waals surface area contributed by atoms with Gasteiger partial charge < -0.3 is 4.90 Å². The fraction of sp³-hybridized carbons (Fsp3) is 0.571. The normalized spacial score (nSPS) is 24.4. The highest BCUT2D eigenvalue weighted by Gasteiger charge is 2.23. The standard InChI is InChI=1S/C14H19N3O/c1-11-3-4-12(2)9-17(8-11)14(18)16-6-5-13(7-15)10-16/h5-6,10-12H,3-4,8-9H2,1-2H3. The monoisotopic (exact) mass is 245 g/mol. The largest absolute Gasteiger partial charge is 0.328 e. The summed E-state index contributed by atoms with van der Waals surface area (Å²) < 4.78 is 1.52. The lowest BCUT2D eigenvalue weighted by atomic mass is 10.0. The van der Waals surface area contributed by atoms with E-state index < -0.39 is 0 Å². The number of aromatic nitrogens is 1. The first-order valence-electron chi connectivity index (χ1n) is 6.47. The van der Waals surface area contributed by atoms with E-state index in [-0.39, 0.29) is 6.03 Å².